The fourth-order valence-electron chi connectivity index (χ4n) is 1.81. The standard InChI is InChI=1S/C14H16N4O2/c15-9-4-10-18(11-5-2-1-3-6-11)14(20)12-7-8-13(19)17-16-12/h1-3,5-8H,4,9-10,15H2,(H,17,19). The lowest BCUT2D eigenvalue weighted by Crippen LogP contribution is -2.34. The maximum atomic E-state index is 12.5. The summed E-state index contributed by atoms with van der Waals surface area (Å²) in [6, 6.07) is 12.0. The zero-order valence-corrected chi connectivity index (χ0v) is 11.0. The average molecular weight is 272 g/mol. The second-order valence-electron chi connectivity index (χ2n) is 4.24. The monoisotopic (exact) mass is 272 g/mol. The van der Waals surface area contributed by atoms with Gasteiger partial charge >= 0.3 is 0 Å². The van der Waals surface area contributed by atoms with Gasteiger partial charge in [0.1, 0.15) is 5.69 Å². The van der Waals surface area contributed by atoms with Crippen LogP contribution in [-0.4, -0.2) is 29.2 Å². The van der Waals surface area contributed by atoms with Crippen LogP contribution in [0.15, 0.2) is 47.3 Å². The molecule has 0 aliphatic heterocycles. The van der Waals surface area contributed by atoms with Crippen LogP contribution < -0.4 is 16.2 Å². The molecule has 104 valence electrons. The minimum absolute atomic E-state index is 0.200. The number of aromatic amines is 1. The number of para-hydroxylation sites is 1. The van der Waals surface area contributed by atoms with E-state index in [9.17, 15) is 9.59 Å². The van der Waals surface area contributed by atoms with Crippen molar-refractivity contribution < 1.29 is 4.79 Å². The molecule has 0 saturated carbocycles. The highest BCUT2D eigenvalue weighted by Crippen LogP contribution is 2.15. The van der Waals surface area contributed by atoms with Crippen molar-refractivity contribution in [1.29, 1.82) is 0 Å². The van der Waals surface area contributed by atoms with Gasteiger partial charge < -0.3 is 10.6 Å². The van der Waals surface area contributed by atoms with Crippen LogP contribution in [0.4, 0.5) is 5.69 Å². The summed E-state index contributed by atoms with van der Waals surface area (Å²) in [5.41, 5.74) is 6.15. The van der Waals surface area contributed by atoms with E-state index in [4.69, 9.17) is 5.73 Å². The molecule has 1 aromatic carbocycles. The van der Waals surface area contributed by atoms with E-state index in [1.165, 1.54) is 12.1 Å². The lowest BCUT2D eigenvalue weighted by molar-refractivity contribution is 0.0981. The van der Waals surface area contributed by atoms with Crippen molar-refractivity contribution in [3.8, 4) is 0 Å². The zero-order chi connectivity index (χ0) is 14.4. The molecule has 6 heteroatoms. The summed E-state index contributed by atoms with van der Waals surface area (Å²) >= 11 is 0. The summed E-state index contributed by atoms with van der Waals surface area (Å²) in [5, 5.41) is 6.04. The molecule has 2 rings (SSSR count). The third kappa shape index (κ3) is 3.30. The molecule has 0 bridgehead atoms. The quantitative estimate of drug-likeness (QED) is 0.840. The van der Waals surface area contributed by atoms with E-state index in [-0.39, 0.29) is 17.2 Å². The molecule has 0 aliphatic carbocycles. The lowest BCUT2D eigenvalue weighted by atomic mass is 10.2. The first-order valence-electron chi connectivity index (χ1n) is 6.35. The van der Waals surface area contributed by atoms with E-state index < -0.39 is 0 Å². The van der Waals surface area contributed by atoms with E-state index >= 15 is 0 Å². The van der Waals surface area contributed by atoms with Gasteiger partial charge in [0.15, 0.2) is 0 Å². The van der Waals surface area contributed by atoms with E-state index in [0.717, 1.165) is 5.69 Å². The first-order chi connectivity index (χ1) is 9.72. The molecule has 0 atom stereocenters. The summed E-state index contributed by atoms with van der Waals surface area (Å²) in [5.74, 6) is -0.263. The van der Waals surface area contributed by atoms with Crippen LogP contribution in [0.2, 0.25) is 0 Å². The van der Waals surface area contributed by atoms with Crippen LogP contribution in [0, 0.1) is 0 Å². The first kappa shape index (κ1) is 14.0. The number of nitrogens with zero attached hydrogens (tertiary/aromatic N) is 2. The van der Waals surface area contributed by atoms with Crippen molar-refractivity contribution in [1.82, 2.24) is 10.2 Å². The molecule has 3 N–H and O–H groups in total. The van der Waals surface area contributed by atoms with Crippen LogP contribution in [0.25, 0.3) is 0 Å². The third-order valence-corrected chi connectivity index (χ3v) is 2.80. The Morgan fingerprint density at radius 2 is 1.95 bits per heavy atom. The molecule has 1 aromatic heterocycles. The van der Waals surface area contributed by atoms with Gasteiger partial charge in [0.25, 0.3) is 11.5 Å². The highest BCUT2D eigenvalue weighted by molar-refractivity contribution is 6.04. The third-order valence-electron chi connectivity index (χ3n) is 2.80. The second-order valence-corrected chi connectivity index (χ2v) is 4.24. The van der Waals surface area contributed by atoms with Gasteiger partial charge in [-0.2, -0.15) is 5.10 Å². The number of carbonyl (C=O) groups excluding carboxylic acids is 1. The smallest absolute Gasteiger partial charge is 0.278 e. The Morgan fingerprint density at radius 1 is 1.20 bits per heavy atom. The highest BCUT2D eigenvalue weighted by Gasteiger charge is 2.18. The molecular weight excluding hydrogens is 256 g/mol. The van der Waals surface area contributed by atoms with Crippen LogP contribution >= 0.6 is 0 Å². The molecule has 0 spiro atoms. The number of hydrogen-bond acceptors (Lipinski definition) is 4. The number of H-pyrrole nitrogens is 1. The number of anilines is 1. The van der Waals surface area contributed by atoms with Gasteiger partial charge in [0.2, 0.25) is 0 Å². The van der Waals surface area contributed by atoms with Crippen LogP contribution in [0.1, 0.15) is 16.9 Å². The maximum Gasteiger partial charge on any atom is 0.278 e. The number of aromatic nitrogens is 2. The normalized spacial score (nSPS) is 10.2. The molecule has 1 amide bonds. The zero-order valence-electron chi connectivity index (χ0n) is 11.0. The van der Waals surface area contributed by atoms with Gasteiger partial charge in [-0.05, 0) is 31.2 Å². The maximum absolute atomic E-state index is 12.5. The molecule has 0 unspecified atom stereocenters. The SMILES string of the molecule is NCCCN(C(=O)c1ccc(=O)[nH]n1)c1ccccc1. The number of nitrogens with two attached hydrogens (primary N) is 1. The molecule has 2 aromatic rings. The average Bonchev–Trinajstić information content (AvgIpc) is 2.49. The number of benzene rings is 1. The Kier molecular flexibility index (Phi) is 4.62. The largest absolute Gasteiger partial charge is 0.330 e. The fourth-order valence-corrected chi connectivity index (χ4v) is 1.81. The Hall–Kier alpha value is -2.47. The lowest BCUT2D eigenvalue weighted by Gasteiger charge is -2.22. The Balaban J connectivity index is 2.28. The van der Waals surface area contributed by atoms with Crippen LogP contribution in [0.3, 0.4) is 0 Å². The predicted octanol–water partition coefficient (Wildman–Crippen LogP) is 0.765. The molecule has 0 radical (unpaired) electrons. The summed E-state index contributed by atoms with van der Waals surface area (Å²) in [6.45, 7) is 0.996. The number of rotatable bonds is 5. The number of hydrogen-bond donors (Lipinski definition) is 2. The topological polar surface area (TPSA) is 92.1 Å². The van der Waals surface area contributed by atoms with Crippen LogP contribution in [0.5, 0.6) is 0 Å². The van der Waals surface area contributed by atoms with Crippen LogP contribution in [-0.2, 0) is 0 Å². The summed E-state index contributed by atoms with van der Waals surface area (Å²) in [6.07, 6.45) is 0.685. The molecule has 6 nitrogen and oxygen atoms in total. The Morgan fingerprint density at radius 3 is 2.55 bits per heavy atom. The van der Waals surface area contributed by atoms with Gasteiger partial charge in [-0.25, -0.2) is 5.10 Å². The Labute approximate surface area is 116 Å². The first-order valence-corrected chi connectivity index (χ1v) is 6.35. The van der Waals surface area contributed by atoms with Crippen molar-refractivity contribution in [2.45, 2.75) is 6.42 Å². The molecule has 20 heavy (non-hydrogen) atoms. The fraction of sp³-hybridized carbons (Fsp3) is 0.214. The van der Waals surface area contributed by atoms with Gasteiger partial charge in [-0.1, -0.05) is 18.2 Å². The molecule has 0 aliphatic rings. The summed E-state index contributed by atoms with van der Waals surface area (Å²) in [7, 11) is 0. The number of carbonyl (C=O) groups is 1. The second kappa shape index (κ2) is 6.63. The minimum atomic E-state index is -0.338. The van der Waals surface area contributed by atoms with Crippen molar-refractivity contribution in [2.24, 2.45) is 5.73 Å². The molecule has 0 saturated heterocycles. The van der Waals surface area contributed by atoms with E-state index in [1.54, 1.807) is 4.90 Å². The number of amides is 1. The molecule has 1 heterocycles. The van der Waals surface area contributed by atoms with E-state index in [2.05, 4.69) is 10.2 Å². The van der Waals surface area contributed by atoms with Gasteiger partial charge in [-0.3, -0.25) is 9.59 Å². The van der Waals surface area contributed by atoms with Crippen molar-refractivity contribution in [3.63, 3.8) is 0 Å². The minimum Gasteiger partial charge on any atom is -0.330 e. The van der Waals surface area contributed by atoms with Crippen molar-refractivity contribution in [2.75, 3.05) is 18.0 Å². The van der Waals surface area contributed by atoms with Crippen molar-refractivity contribution in [3.05, 3.63) is 58.5 Å². The summed E-state index contributed by atoms with van der Waals surface area (Å²) < 4.78 is 0. The van der Waals surface area contributed by atoms with Gasteiger partial charge in [-0.15, -0.1) is 0 Å². The number of nitrogens with one attached hydrogen (secondary N) is 1. The Bertz CT molecular complexity index is 604. The predicted molar refractivity (Wildman–Crippen MR) is 76.6 cm³/mol. The van der Waals surface area contributed by atoms with Gasteiger partial charge in [0, 0.05) is 18.3 Å². The van der Waals surface area contributed by atoms with Gasteiger partial charge in [0.05, 0.1) is 0 Å². The van der Waals surface area contributed by atoms with E-state index in [1.807, 2.05) is 30.3 Å². The summed E-state index contributed by atoms with van der Waals surface area (Å²) in [4.78, 5) is 25.1. The molecule has 0 fully saturated rings. The highest BCUT2D eigenvalue weighted by atomic mass is 16.2. The molecular formula is C14H16N4O2. The van der Waals surface area contributed by atoms with Crippen molar-refractivity contribution >= 4 is 11.6 Å². The van der Waals surface area contributed by atoms with E-state index in [0.29, 0.717) is 19.5 Å².